The minimum absolute atomic E-state index is 0.415. The van der Waals surface area contributed by atoms with E-state index in [0.717, 1.165) is 23.5 Å². The highest BCUT2D eigenvalue weighted by Crippen LogP contribution is 2.30. The van der Waals surface area contributed by atoms with Crippen LogP contribution in [0.2, 0.25) is 5.02 Å². The van der Waals surface area contributed by atoms with Crippen LogP contribution in [0.4, 0.5) is 0 Å². The van der Waals surface area contributed by atoms with E-state index >= 15 is 0 Å². The van der Waals surface area contributed by atoms with E-state index in [-0.39, 0.29) is 0 Å². The van der Waals surface area contributed by atoms with Crippen molar-refractivity contribution in [1.82, 2.24) is 0 Å². The van der Waals surface area contributed by atoms with Gasteiger partial charge in [-0.2, -0.15) is 0 Å². The number of alkyl halides is 1. The molecule has 0 spiro atoms. The van der Waals surface area contributed by atoms with Crippen molar-refractivity contribution < 1.29 is 4.74 Å². The first kappa shape index (κ1) is 13.8. The topological polar surface area (TPSA) is 9.23 Å². The summed E-state index contributed by atoms with van der Waals surface area (Å²) in [6, 6.07) is 12.0. The molecule has 1 aliphatic rings. The Labute approximate surface area is 129 Å². The summed E-state index contributed by atoms with van der Waals surface area (Å²) in [5.74, 6) is 2.04. The van der Waals surface area contributed by atoms with Crippen molar-refractivity contribution in [3.63, 3.8) is 0 Å². The normalized spacial score (nSPS) is 13.9. The molecule has 20 heavy (non-hydrogen) atoms. The summed E-state index contributed by atoms with van der Waals surface area (Å²) in [7, 11) is 0. The van der Waals surface area contributed by atoms with Crippen LogP contribution in [0.5, 0.6) is 11.5 Å². The fourth-order valence-electron chi connectivity index (χ4n) is 2.61. The molecule has 2 aromatic rings. The average Bonchev–Trinajstić information content (AvgIpc) is 2.47. The van der Waals surface area contributed by atoms with Gasteiger partial charge in [0.2, 0.25) is 0 Å². The summed E-state index contributed by atoms with van der Waals surface area (Å²) in [6.45, 7) is 0. The van der Waals surface area contributed by atoms with E-state index in [2.05, 4.69) is 12.1 Å². The number of hydrogen-bond acceptors (Lipinski definition) is 1. The highest BCUT2D eigenvalue weighted by Gasteiger charge is 2.10. The van der Waals surface area contributed by atoms with Crippen LogP contribution in [0.25, 0.3) is 0 Å². The maximum Gasteiger partial charge on any atom is 0.128 e. The van der Waals surface area contributed by atoms with Gasteiger partial charge >= 0.3 is 0 Å². The fourth-order valence-corrected chi connectivity index (χ4v) is 3.15. The molecule has 0 N–H and O–H groups in total. The average molecular weight is 307 g/mol. The number of halogens is 2. The van der Waals surface area contributed by atoms with Crippen molar-refractivity contribution in [3.05, 3.63) is 58.1 Å². The van der Waals surface area contributed by atoms with Gasteiger partial charge in [0.15, 0.2) is 0 Å². The molecule has 1 nitrogen and oxygen atoms in total. The second-order valence-electron chi connectivity index (χ2n) is 5.13. The van der Waals surface area contributed by atoms with Gasteiger partial charge in [-0.15, -0.1) is 11.6 Å². The Balaban J connectivity index is 1.82. The minimum atomic E-state index is 0.415. The van der Waals surface area contributed by atoms with E-state index in [9.17, 15) is 0 Å². The molecule has 3 rings (SSSR count). The minimum Gasteiger partial charge on any atom is -0.457 e. The van der Waals surface area contributed by atoms with E-state index in [4.69, 9.17) is 27.9 Å². The van der Waals surface area contributed by atoms with Crippen LogP contribution in [0, 0.1) is 0 Å². The molecule has 0 fully saturated rings. The molecule has 0 radical (unpaired) electrons. The lowest BCUT2D eigenvalue weighted by Gasteiger charge is -2.17. The second-order valence-corrected chi connectivity index (χ2v) is 5.80. The van der Waals surface area contributed by atoms with Crippen molar-refractivity contribution >= 4 is 23.2 Å². The predicted octanol–water partition coefficient (Wildman–Crippen LogP) is 5.75. The van der Waals surface area contributed by atoms with E-state index in [1.807, 2.05) is 24.3 Å². The van der Waals surface area contributed by atoms with Crippen molar-refractivity contribution in [2.75, 3.05) is 0 Å². The molecule has 0 saturated carbocycles. The van der Waals surface area contributed by atoms with Crippen molar-refractivity contribution in [1.29, 1.82) is 0 Å². The smallest absolute Gasteiger partial charge is 0.128 e. The SMILES string of the molecule is ClCc1ccc(Oc2ccc3c(c2)CCCC3)cc1Cl. The lowest BCUT2D eigenvalue weighted by atomic mass is 9.92. The molecule has 1 aliphatic carbocycles. The van der Waals surface area contributed by atoms with E-state index in [1.165, 1.54) is 30.4 Å². The quantitative estimate of drug-likeness (QED) is 0.656. The van der Waals surface area contributed by atoms with Gasteiger partial charge in [-0.25, -0.2) is 0 Å². The lowest BCUT2D eigenvalue weighted by molar-refractivity contribution is 0.480. The molecule has 104 valence electrons. The van der Waals surface area contributed by atoms with Gasteiger partial charge in [-0.3, -0.25) is 0 Å². The van der Waals surface area contributed by atoms with Crippen LogP contribution in [-0.2, 0) is 18.7 Å². The first-order valence-electron chi connectivity index (χ1n) is 6.90. The molecule has 0 bridgehead atoms. The number of rotatable bonds is 3. The highest BCUT2D eigenvalue weighted by atomic mass is 35.5. The van der Waals surface area contributed by atoms with E-state index in [0.29, 0.717) is 10.9 Å². The molecule has 0 atom stereocenters. The zero-order chi connectivity index (χ0) is 13.9. The molecule has 0 heterocycles. The summed E-state index contributed by atoms with van der Waals surface area (Å²) in [4.78, 5) is 0. The van der Waals surface area contributed by atoms with E-state index in [1.54, 1.807) is 0 Å². The first-order valence-corrected chi connectivity index (χ1v) is 7.81. The molecule has 2 aromatic carbocycles. The Morgan fingerprint density at radius 3 is 2.35 bits per heavy atom. The summed E-state index contributed by atoms with van der Waals surface area (Å²) in [5, 5.41) is 0.649. The summed E-state index contributed by atoms with van der Waals surface area (Å²) in [6.07, 6.45) is 4.90. The maximum atomic E-state index is 6.15. The molecule has 0 unspecified atom stereocenters. The Hall–Kier alpha value is -1.18. The van der Waals surface area contributed by atoms with Crippen LogP contribution < -0.4 is 4.74 Å². The Morgan fingerprint density at radius 1 is 0.900 bits per heavy atom. The molecule has 0 amide bonds. The number of hydrogen-bond donors (Lipinski definition) is 0. The second kappa shape index (κ2) is 6.07. The van der Waals surface area contributed by atoms with Crippen LogP contribution in [0.1, 0.15) is 29.5 Å². The summed E-state index contributed by atoms with van der Waals surface area (Å²) < 4.78 is 5.90. The van der Waals surface area contributed by atoms with Crippen LogP contribution >= 0.6 is 23.2 Å². The van der Waals surface area contributed by atoms with Crippen LogP contribution in [-0.4, -0.2) is 0 Å². The summed E-state index contributed by atoms with van der Waals surface area (Å²) in [5.41, 5.74) is 3.79. The standard InChI is InChI=1S/C17H16Cl2O/c18-11-14-6-8-16(10-17(14)19)20-15-7-5-12-3-1-2-4-13(12)9-15/h5-10H,1-4,11H2. The van der Waals surface area contributed by atoms with Crippen molar-refractivity contribution in [2.24, 2.45) is 0 Å². The number of fused-ring (bicyclic) bond motifs is 1. The van der Waals surface area contributed by atoms with Gasteiger partial charge in [0.1, 0.15) is 11.5 Å². The highest BCUT2D eigenvalue weighted by molar-refractivity contribution is 6.32. The molecule has 0 aromatic heterocycles. The van der Waals surface area contributed by atoms with Crippen molar-refractivity contribution in [3.8, 4) is 11.5 Å². The largest absolute Gasteiger partial charge is 0.457 e. The van der Waals surface area contributed by atoms with Gasteiger partial charge in [-0.05, 0) is 66.6 Å². The molecular formula is C17H16Cl2O. The molecule has 0 aliphatic heterocycles. The molecule has 0 saturated heterocycles. The fraction of sp³-hybridized carbons (Fsp3) is 0.294. The van der Waals surface area contributed by atoms with Crippen LogP contribution in [0.15, 0.2) is 36.4 Å². The van der Waals surface area contributed by atoms with Gasteiger partial charge in [0, 0.05) is 10.9 Å². The predicted molar refractivity (Wildman–Crippen MR) is 84.2 cm³/mol. The van der Waals surface area contributed by atoms with Crippen LogP contribution in [0.3, 0.4) is 0 Å². The number of aryl methyl sites for hydroxylation is 2. The molecular weight excluding hydrogens is 291 g/mol. The zero-order valence-corrected chi connectivity index (χ0v) is 12.7. The number of benzene rings is 2. The Kier molecular flexibility index (Phi) is 4.18. The van der Waals surface area contributed by atoms with E-state index < -0.39 is 0 Å². The third-order valence-electron chi connectivity index (χ3n) is 3.72. The Bertz CT molecular complexity index is 622. The first-order chi connectivity index (χ1) is 9.76. The molecule has 3 heteroatoms. The monoisotopic (exact) mass is 306 g/mol. The van der Waals surface area contributed by atoms with Crippen molar-refractivity contribution in [2.45, 2.75) is 31.6 Å². The lowest BCUT2D eigenvalue weighted by Crippen LogP contribution is -2.02. The van der Waals surface area contributed by atoms with Gasteiger partial charge in [0.25, 0.3) is 0 Å². The zero-order valence-electron chi connectivity index (χ0n) is 11.2. The Morgan fingerprint density at radius 2 is 1.60 bits per heavy atom. The van der Waals surface area contributed by atoms with Gasteiger partial charge < -0.3 is 4.74 Å². The number of ether oxygens (including phenoxy) is 1. The third-order valence-corrected chi connectivity index (χ3v) is 4.36. The van der Waals surface area contributed by atoms with Gasteiger partial charge in [0.05, 0.1) is 0 Å². The van der Waals surface area contributed by atoms with Gasteiger partial charge in [-0.1, -0.05) is 23.7 Å². The maximum absolute atomic E-state index is 6.15. The summed E-state index contributed by atoms with van der Waals surface area (Å²) >= 11 is 11.9. The third kappa shape index (κ3) is 2.94.